The molecule has 4 aromatic rings. The van der Waals surface area contributed by atoms with Gasteiger partial charge in [0.05, 0.1) is 7.11 Å². The molecular formula is C31H35N3O3S. The third-order valence-corrected chi connectivity index (χ3v) is 5.30. The van der Waals surface area contributed by atoms with Gasteiger partial charge in [0.1, 0.15) is 28.6 Å². The van der Waals surface area contributed by atoms with Gasteiger partial charge in [-0.15, -0.1) is 0 Å². The maximum absolute atomic E-state index is 10.5. The average molecular weight is 530 g/mol. The Morgan fingerprint density at radius 2 is 1.11 bits per heavy atom. The minimum atomic E-state index is 0.0499. The molecule has 0 amide bonds. The van der Waals surface area contributed by atoms with E-state index in [0.29, 0.717) is 11.4 Å². The Bertz CT molecular complexity index is 1230. The standard InChI is InChI=1S/C28H25N3O3.C2H6.CH4S/c1-29-23-9-3-19(4-10-23)17-30-25-13-7-21(15-27(25)32)22-8-14-26(28(33)16-22)31-18-20-5-11-24(34-2)12-6-20;2*1-2/h3-18,29,32-33H,1-2H3;1-2H3;2H,1H3. The van der Waals surface area contributed by atoms with E-state index in [4.69, 9.17) is 4.74 Å². The van der Waals surface area contributed by atoms with E-state index >= 15 is 0 Å². The largest absolute Gasteiger partial charge is 0.506 e. The summed E-state index contributed by atoms with van der Waals surface area (Å²) < 4.78 is 5.15. The molecule has 0 heterocycles. The van der Waals surface area contributed by atoms with Crippen LogP contribution in [0.4, 0.5) is 17.1 Å². The summed E-state index contributed by atoms with van der Waals surface area (Å²) in [6.07, 6.45) is 5.08. The van der Waals surface area contributed by atoms with Crippen molar-refractivity contribution in [3.8, 4) is 28.4 Å². The summed E-state index contributed by atoms with van der Waals surface area (Å²) in [5.74, 6) is 0.878. The molecule has 3 N–H and O–H groups in total. The van der Waals surface area contributed by atoms with Crippen LogP contribution in [0.5, 0.6) is 17.2 Å². The van der Waals surface area contributed by atoms with Crippen LogP contribution in [0.3, 0.4) is 0 Å². The lowest BCUT2D eigenvalue weighted by atomic mass is 10.0. The zero-order valence-corrected chi connectivity index (χ0v) is 23.3. The molecule has 0 saturated heterocycles. The normalized spacial score (nSPS) is 10.4. The minimum absolute atomic E-state index is 0.0499. The van der Waals surface area contributed by atoms with Crippen molar-refractivity contribution in [2.45, 2.75) is 13.8 Å². The van der Waals surface area contributed by atoms with Gasteiger partial charge in [0.2, 0.25) is 0 Å². The van der Waals surface area contributed by atoms with Gasteiger partial charge >= 0.3 is 0 Å². The van der Waals surface area contributed by atoms with Gasteiger partial charge in [-0.05, 0) is 89.2 Å². The Morgan fingerprint density at radius 1 is 0.684 bits per heavy atom. The highest BCUT2D eigenvalue weighted by Gasteiger charge is 2.07. The number of anilines is 1. The molecule has 0 aliphatic carbocycles. The Morgan fingerprint density at radius 3 is 1.47 bits per heavy atom. The molecule has 0 aromatic heterocycles. The fourth-order valence-electron chi connectivity index (χ4n) is 3.34. The van der Waals surface area contributed by atoms with Crippen molar-refractivity contribution in [3.63, 3.8) is 0 Å². The van der Waals surface area contributed by atoms with Gasteiger partial charge in [-0.1, -0.05) is 38.1 Å². The molecule has 4 rings (SSSR count). The molecule has 0 saturated carbocycles. The van der Waals surface area contributed by atoms with Crippen LogP contribution in [0.2, 0.25) is 0 Å². The first-order valence-corrected chi connectivity index (χ1v) is 13.1. The van der Waals surface area contributed by atoms with E-state index < -0.39 is 0 Å². The van der Waals surface area contributed by atoms with Gasteiger partial charge in [0.15, 0.2) is 0 Å². The maximum Gasteiger partial charge on any atom is 0.141 e. The summed E-state index contributed by atoms with van der Waals surface area (Å²) in [7, 11) is 3.49. The Balaban J connectivity index is 0.00000121. The second kappa shape index (κ2) is 15.8. The van der Waals surface area contributed by atoms with Crippen LogP contribution < -0.4 is 10.1 Å². The Kier molecular flexibility index (Phi) is 12.5. The van der Waals surface area contributed by atoms with Crippen LogP contribution >= 0.6 is 12.6 Å². The molecule has 0 spiro atoms. The molecule has 0 aliphatic rings. The molecule has 0 aliphatic heterocycles. The lowest BCUT2D eigenvalue weighted by Gasteiger charge is -2.07. The molecule has 38 heavy (non-hydrogen) atoms. The molecule has 0 fully saturated rings. The van der Waals surface area contributed by atoms with E-state index in [1.165, 1.54) is 0 Å². The second-order valence-electron chi connectivity index (χ2n) is 7.57. The SMILES string of the molecule is CC.CNc1ccc(C=Nc2ccc(-c3ccc(N=Cc4ccc(OC)cc4)c(O)c3)cc2O)cc1.CS. The van der Waals surface area contributed by atoms with E-state index in [0.717, 1.165) is 33.7 Å². The second-order valence-corrected chi connectivity index (χ2v) is 7.57. The first kappa shape index (κ1) is 30.0. The number of phenolic OH excluding ortho intramolecular Hbond substituents is 2. The number of rotatable bonds is 7. The van der Waals surface area contributed by atoms with Gasteiger partial charge in [-0.2, -0.15) is 12.6 Å². The molecule has 6 nitrogen and oxygen atoms in total. The fraction of sp³-hybridized carbons (Fsp3) is 0.161. The highest BCUT2D eigenvalue weighted by molar-refractivity contribution is 7.79. The summed E-state index contributed by atoms with van der Waals surface area (Å²) >= 11 is 3.53. The molecule has 0 atom stereocenters. The number of nitrogens with zero attached hydrogens (tertiary/aromatic N) is 2. The topological polar surface area (TPSA) is 86.4 Å². The van der Waals surface area contributed by atoms with Crippen molar-refractivity contribution in [1.29, 1.82) is 0 Å². The van der Waals surface area contributed by atoms with E-state index in [9.17, 15) is 10.2 Å². The summed E-state index contributed by atoms with van der Waals surface area (Å²) in [5.41, 5.74) is 5.28. The number of hydrogen-bond acceptors (Lipinski definition) is 7. The number of phenols is 2. The van der Waals surface area contributed by atoms with Crippen molar-refractivity contribution in [1.82, 2.24) is 0 Å². The number of methoxy groups -OCH3 is 1. The van der Waals surface area contributed by atoms with Crippen LogP contribution in [-0.4, -0.2) is 43.1 Å². The third-order valence-electron chi connectivity index (χ3n) is 5.30. The average Bonchev–Trinajstić information content (AvgIpc) is 2.98. The van der Waals surface area contributed by atoms with E-state index in [1.807, 2.05) is 81.6 Å². The molecule has 4 aromatic carbocycles. The van der Waals surface area contributed by atoms with Gasteiger partial charge in [0, 0.05) is 25.2 Å². The molecule has 7 heteroatoms. The minimum Gasteiger partial charge on any atom is -0.506 e. The molecular weight excluding hydrogens is 494 g/mol. The van der Waals surface area contributed by atoms with Gasteiger partial charge in [-0.25, -0.2) is 0 Å². The van der Waals surface area contributed by atoms with Crippen LogP contribution in [-0.2, 0) is 0 Å². The van der Waals surface area contributed by atoms with Crippen LogP contribution in [0.25, 0.3) is 11.1 Å². The van der Waals surface area contributed by atoms with E-state index in [1.54, 1.807) is 50.1 Å². The summed E-state index contributed by atoms with van der Waals surface area (Å²) in [6, 6.07) is 25.7. The number of aromatic hydroxyl groups is 2. The first-order chi connectivity index (χ1) is 18.6. The van der Waals surface area contributed by atoms with Gasteiger partial charge in [0.25, 0.3) is 0 Å². The van der Waals surface area contributed by atoms with Gasteiger partial charge in [-0.3, -0.25) is 9.98 Å². The van der Waals surface area contributed by atoms with Crippen molar-refractivity contribution >= 4 is 42.1 Å². The van der Waals surface area contributed by atoms with Crippen molar-refractivity contribution in [3.05, 3.63) is 96.1 Å². The number of benzene rings is 4. The number of aliphatic imine (C=N–C) groups is 2. The molecule has 198 valence electrons. The van der Waals surface area contributed by atoms with Crippen LogP contribution in [0, 0.1) is 0 Å². The van der Waals surface area contributed by atoms with Gasteiger partial charge < -0.3 is 20.3 Å². The fourth-order valence-corrected chi connectivity index (χ4v) is 3.34. The van der Waals surface area contributed by atoms with E-state index in [-0.39, 0.29) is 11.5 Å². The highest BCUT2D eigenvalue weighted by atomic mass is 32.1. The number of ether oxygens (including phenoxy) is 1. The summed E-state index contributed by atoms with van der Waals surface area (Å²) in [4.78, 5) is 8.76. The third kappa shape index (κ3) is 8.42. The smallest absolute Gasteiger partial charge is 0.141 e. The van der Waals surface area contributed by atoms with Crippen molar-refractivity contribution in [2.24, 2.45) is 9.98 Å². The highest BCUT2D eigenvalue weighted by Crippen LogP contribution is 2.36. The lowest BCUT2D eigenvalue weighted by Crippen LogP contribution is -1.88. The zero-order chi connectivity index (χ0) is 27.9. The first-order valence-electron chi connectivity index (χ1n) is 12.2. The predicted molar refractivity (Wildman–Crippen MR) is 165 cm³/mol. The van der Waals surface area contributed by atoms with E-state index in [2.05, 4.69) is 27.9 Å². The zero-order valence-electron chi connectivity index (χ0n) is 22.4. The molecule has 0 unspecified atom stereocenters. The molecule has 0 bridgehead atoms. The van der Waals surface area contributed by atoms with Crippen molar-refractivity contribution in [2.75, 3.05) is 25.7 Å². The van der Waals surface area contributed by atoms with Crippen LogP contribution in [0.15, 0.2) is 94.9 Å². The lowest BCUT2D eigenvalue weighted by molar-refractivity contribution is 0.415. The Labute approximate surface area is 230 Å². The monoisotopic (exact) mass is 529 g/mol. The predicted octanol–water partition coefficient (Wildman–Crippen LogP) is 7.89. The quantitative estimate of drug-likeness (QED) is 0.145. The molecule has 0 radical (unpaired) electrons. The number of thiol groups is 1. The maximum atomic E-state index is 10.5. The number of hydrogen-bond donors (Lipinski definition) is 4. The Hall–Kier alpha value is -4.23. The number of nitrogens with one attached hydrogen (secondary N) is 1. The summed E-state index contributed by atoms with van der Waals surface area (Å²) in [6.45, 7) is 4.00. The van der Waals surface area contributed by atoms with Crippen molar-refractivity contribution < 1.29 is 14.9 Å². The van der Waals surface area contributed by atoms with Crippen LogP contribution in [0.1, 0.15) is 25.0 Å². The summed E-state index contributed by atoms with van der Waals surface area (Å²) in [5, 5.41) is 24.0.